The number of carbonyl (C=O) groups excluding carboxylic acids is 1. The van der Waals surface area contributed by atoms with E-state index < -0.39 is 5.97 Å². The minimum absolute atomic E-state index is 0.338. The molecule has 1 N–H and O–H groups in total. The summed E-state index contributed by atoms with van der Waals surface area (Å²) < 4.78 is 6.54. The summed E-state index contributed by atoms with van der Waals surface area (Å²) in [6.07, 6.45) is 2.37. The Hall–Kier alpha value is -1.96. The molecule has 0 amide bonds. The number of thiazole rings is 1. The van der Waals surface area contributed by atoms with Gasteiger partial charge in [0.2, 0.25) is 0 Å². The molecule has 19 heavy (non-hydrogen) atoms. The summed E-state index contributed by atoms with van der Waals surface area (Å²) in [6.45, 7) is 2.79. The first kappa shape index (κ1) is 13.5. The molecule has 2 aromatic rings. The normalized spacial score (nSPS) is 10.4. The van der Waals surface area contributed by atoms with Crippen molar-refractivity contribution in [3.05, 3.63) is 23.2 Å². The molecule has 0 bridgehead atoms. The van der Waals surface area contributed by atoms with Gasteiger partial charge >= 0.3 is 5.97 Å². The fourth-order valence-electron chi connectivity index (χ4n) is 1.43. The molecule has 2 rings (SSSR count). The Morgan fingerprint density at radius 2 is 2.42 bits per heavy atom. The molecule has 7 nitrogen and oxygen atoms in total. The highest BCUT2D eigenvalue weighted by Crippen LogP contribution is 2.15. The largest absolute Gasteiger partial charge is 0.461 e. The van der Waals surface area contributed by atoms with Crippen molar-refractivity contribution in [3.63, 3.8) is 0 Å². The van der Waals surface area contributed by atoms with Crippen LogP contribution in [-0.4, -0.2) is 38.9 Å². The van der Waals surface area contributed by atoms with E-state index in [9.17, 15) is 4.79 Å². The highest BCUT2D eigenvalue weighted by molar-refractivity contribution is 7.13. The van der Waals surface area contributed by atoms with Crippen LogP contribution in [0.4, 0.5) is 5.13 Å². The molecule has 0 atom stereocenters. The van der Waals surface area contributed by atoms with Crippen LogP contribution in [0.15, 0.2) is 11.7 Å². The van der Waals surface area contributed by atoms with Crippen LogP contribution >= 0.6 is 11.3 Å². The quantitative estimate of drug-likeness (QED) is 0.799. The van der Waals surface area contributed by atoms with Gasteiger partial charge in [-0.25, -0.2) is 14.8 Å². The van der Waals surface area contributed by atoms with Gasteiger partial charge in [-0.3, -0.25) is 4.68 Å². The standard InChI is InChI=1S/C11H15N5O2S/c1-3-18-10(17)8-6-19-11(14-8)12-5-4-9-13-7-16(2)15-9/h6-7H,3-5H2,1-2H3,(H,12,14). The second-order valence-electron chi connectivity index (χ2n) is 3.77. The number of rotatable bonds is 6. The number of aromatic nitrogens is 4. The fraction of sp³-hybridized carbons (Fsp3) is 0.455. The second kappa shape index (κ2) is 6.28. The molecule has 0 aromatic carbocycles. The minimum atomic E-state index is -0.391. The molecule has 2 heterocycles. The molecule has 2 aromatic heterocycles. The van der Waals surface area contributed by atoms with E-state index in [0.29, 0.717) is 30.4 Å². The monoisotopic (exact) mass is 281 g/mol. The highest BCUT2D eigenvalue weighted by atomic mass is 32.1. The predicted octanol–water partition coefficient (Wildman–Crippen LogP) is 1.10. The van der Waals surface area contributed by atoms with Gasteiger partial charge in [0.15, 0.2) is 16.6 Å². The highest BCUT2D eigenvalue weighted by Gasteiger charge is 2.11. The van der Waals surface area contributed by atoms with Crippen molar-refractivity contribution in [1.82, 2.24) is 19.7 Å². The smallest absolute Gasteiger partial charge is 0.357 e. The van der Waals surface area contributed by atoms with Crippen molar-refractivity contribution in [2.45, 2.75) is 13.3 Å². The number of aryl methyl sites for hydroxylation is 1. The number of nitrogens with one attached hydrogen (secondary N) is 1. The Morgan fingerprint density at radius 1 is 1.58 bits per heavy atom. The van der Waals surface area contributed by atoms with Crippen molar-refractivity contribution in [2.24, 2.45) is 7.05 Å². The zero-order valence-electron chi connectivity index (χ0n) is 10.8. The van der Waals surface area contributed by atoms with Crippen molar-refractivity contribution in [2.75, 3.05) is 18.5 Å². The van der Waals surface area contributed by atoms with Gasteiger partial charge in [0.25, 0.3) is 0 Å². The topological polar surface area (TPSA) is 81.9 Å². The number of ether oxygens (including phenoxy) is 1. The third-order valence-electron chi connectivity index (χ3n) is 2.26. The molecule has 0 radical (unpaired) electrons. The summed E-state index contributed by atoms with van der Waals surface area (Å²) in [7, 11) is 1.83. The van der Waals surface area contributed by atoms with E-state index in [4.69, 9.17) is 4.74 Å². The number of hydrogen-bond acceptors (Lipinski definition) is 7. The third kappa shape index (κ3) is 3.75. The molecular formula is C11H15N5O2S. The van der Waals surface area contributed by atoms with E-state index in [1.165, 1.54) is 11.3 Å². The molecule has 0 unspecified atom stereocenters. The number of carbonyl (C=O) groups is 1. The third-order valence-corrected chi connectivity index (χ3v) is 3.06. The van der Waals surface area contributed by atoms with Crippen molar-refractivity contribution < 1.29 is 9.53 Å². The lowest BCUT2D eigenvalue weighted by Gasteiger charge is -1.99. The number of anilines is 1. The molecule has 0 saturated carbocycles. The van der Waals surface area contributed by atoms with Gasteiger partial charge in [0.05, 0.1) is 6.61 Å². The summed E-state index contributed by atoms with van der Waals surface area (Å²) in [5.74, 6) is 0.385. The summed E-state index contributed by atoms with van der Waals surface area (Å²) in [5.41, 5.74) is 0.338. The van der Waals surface area contributed by atoms with E-state index in [1.807, 2.05) is 7.05 Å². The van der Waals surface area contributed by atoms with Crippen LogP contribution in [0.1, 0.15) is 23.2 Å². The lowest BCUT2D eigenvalue weighted by atomic mass is 10.4. The molecule has 0 fully saturated rings. The molecular weight excluding hydrogens is 266 g/mol. The Bertz CT molecular complexity index is 551. The zero-order chi connectivity index (χ0) is 13.7. The van der Waals surface area contributed by atoms with E-state index in [1.54, 1.807) is 23.3 Å². The maximum absolute atomic E-state index is 11.4. The predicted molar refractivity (Wildman–Crippen MR) is 71.3 cm³/mol. The summed E-state index contributed by atoms with van der Waals surface area (Å²) in [5, 5.41) is 9.68. The lowest BCUT2D eigenvalue weighted by Crippen LogP contribution is -2.08. The molecule has 0 saturated heterocycles. The van der Waals surface area contributed by atoms with Gasteiger partial charge in [-0.1, -0.05) is 0 Å². The Balaban J connectivity index is 1.81. The summed E-state index contributed by atoms with van der Waals surface area (Å²) in [4.78, 5) is 19.7. The van der Waals surface area contributed by atoms with E-state index in [-0.39, 0.29) is 0 Å². The zero-order valence-corrected chi connectivity index (χ0v) is 11.6. The van der Waals surface area contributed by atoms with Crippen LogP contribution in [0, 0.1) is 0 Å². The Morgan fingerprint density at radius 3 is 3.11 bits per heavy atom. The maximum Gasteiger partial charge on any atom is 0.357 e. The first-order chi connectivity index (χ1) is 9.19. The van der Waals surface area contributed by atoms with Crippen molar-refractivity contribution in [3.8, 4) is 0 Å². The molecule has 102 valence electrons. The number of hydrogen-bond donors (Lipinski definition) is 1. The second-order valence-corrected chi connectivity index (χ2v) is 4.63. The van der Waals surface area contributed by atoms with Gasteiger partial charge in [-0.15, -0.1) is 11.3 Å². The summed E-state index contributed by atoms with van der Waals surface area (Å²) in [6, 6.07) is 0. The van der Waals surface area contributed by atoms with E-state index >= 15 is 0 Å². The van der Waals surface area contributed by atoms with Crippen molar-refractivity contribution in [1.29, 1.82) is 0 Å². The van der Waals surface area contributed by atoms with E-state index in [0.717, 1.165) is 5.82 Å². The molecule has 0 aliphatic carbocycles. The average molecular weight is 281 g/mol. The first-order valence-electron chi connectivity index (χ1n) is 5.90. The molecule has 0 aliphatic rings. The molecule has 0 spiro atoms. The SMILES string of the molecule is CCOC(=O)c1csc(NCCc2ncn(C)n2)n1. The minimum Gasteiger partial charge on any atom is -0.461 e. The van der Waals surface area contributed by atoms with Crippen molar-refractivity contribution >= 4 is 22.4 Å². The van der Waals surface area contributed by atoms with Gasteiger partial charge in [-0.2, -0.15) is 5.10 Å². The van der Waals surface area contributed by atoms with E-state index in [2.05, 4.69) is 20.4 Å². The van der Waals surface area contributed by atoms with Crippen LogP contribution in [0.5, 0.6) is 0 Å². The fourth-order valence-corrected chi connectivity index (χ4v) is 2.14. The Labute approximate surface area is 114 Å². The van der Waals surface area contributed by atoms with Gasteiger partial charge in [0.1, 0.15) is 6.33 Å². The number of nitrogens with zero attached hydrogens (tertiary/aromatic N) is 4. The average Bonchev–Trinajstić information content (AvgIpc) is 2.99. The first-order valence-corrected chi connectivity index (χ1v) is 6.78. The molecule has 0 aliphatic heterocycles. The van der Waals surface area contributed by atoms with Gasteiger partial charge in [-0.05, 0) is 6.92 Å². The van der Waals surface area contributed by atoms with Gasteiger partial charge in [0, 0.05) is 25.4 Å². The van der Waals surface area contributed by atoms with Crippen LogP contribution in [0.25, 0.3) is 0 Å². The summed E-state index contributed by atoms with van der Waals surface area (Å²) >= 11 is 1.38. The molecule has 8 heteroatoms. The lowest BCUT2D eigenvalue weighted by molar-refractivity contribution is 0.0520. The number of esters is 1. The van der Waals surface area contributed by atoms with Crippen LogP contribution in [0.3, 0.4) is 0 Å². The maximum atomic E-state index is 11.4. The van der Waals surface area contributed by atoms with Crippen LogP contribution in [0.2, 0.25) is 0 Å². The van der Waals surface area contributed by atoms with Gasteiger partial charge < -0.3 is 10.1 Å². The van der Waals surface area contributed by atoms with Crippen LogP contribution < -0.4 is 5.32 Å². The van der Waals surface area contributed by atoms with Crippen LogP contribution in [-0.2, 0) is 18.2 Å². The Kier molecular flexibility index (Phi) is 4.45.